The number of nitrogens with zero attached hydrogens (tertiary/aromatic N) is 2. The number of aryl methyl sites for hydroxylation is 1. The second kappa shape index (κ2) is 7.59. The maximum atomic E-state index is 13.0. The Balaban J connectivity index is 2.07. The van der Waals surface area contributed by atoms with E-state index in [1.807, 2.05) is 6.92 Å². The number of carbonyl (C=O) groups excluding carboxylic acids is 1. The zero-order chi connectivity index (χ0) is 20.5. The highest BCUT2D eigenvalue weighted by atomic mass is 19.4. The van der Waals surface area contributed by atoms with Crippen LogP contribution in [0.2, 0.25) is 0 Å². The minimum atomic E-state index is -4.48. The molecule has 0 fully saturated rings. The number of likely N-dealkylation sites (N-methyl/N-ethyl adjacent to an activating group) is 1. The molecule has 0 saturated carbocycles. The standard InChI is InChI=1S/C19H19F3N4O2/c1-10(23-3)9-24-17(27)14-8-15(25-18-16(14)11(2)26-28-18)12-5-4-6-13(7-12)19(20,21)22/h4-8,10,23H,9H2,1-3H3,(H,24,27). The molecule has 0 radical (unpaired) electrons. The van der Waals surface area contributed by atoms with Crippen molar-refractivity contribution in [3.63, 3.8) is 0 Å². The van der Waals surface area contributed by atoms with Crippen LogP contribution >= 0.6 is 0 Å². The van der Waals surface area contributed by atoms with Crippen LogP contribution in [-0.2, 0) is 6.18 Å². The van der Waals surface area contributed by atoms with Gasteiger partial charge in [-0.05, 0) is 39.1 Å². The molecular formula is C19H19F3N4O2. The lowest BCUT2D eigenvalue weighted by molar-refractivity contribution is -0.137. The van der Waals surface area contributed by atoms with Crippen molar-refractivity contribution < 1.29 is 22.5 Å². The van der Waals surface area contributed by atoms with Crippen molar-refractivity contribution in [2.75, 3.05) is 13.6 Å². The molecule has 1 atom stereocenters. The molecule has 3 aromatic rings. The smallest absolute Gasteiger partial charge is 0.350 e. The summed E-state index contributed by atoms with van der Waals surface area (Å²) < 4.78 is 44.3. The summed E-state index contributed by atoms with van der Waals surface area (Å²) in [6.45, 7) is 3.95. The fraction of sp³-hybridized carbons (Fsp3) is 0.316. The lowest BCUT2D eigenvalue weighted by Crippen LogP contribution is -2.37. The number of hydrogen-bond donors (Lipinski definition) is 2. The second-order valence-electron chi connectivity index (χ2n) is 6.48. The molecule has 0 saturated heterocycles. The molecule has 2 N–H and O–H groups in total. The minimum Gasteiger partial charge on any atom is -0.350 e. The monoisotopic (exact) mass is 392 g/mol. The van der Waals surface area contributed by atoms with E-state index in [1.165, 1.54) is 18.2 Å². The summed E-state index contributed by atoms with van der Waals surface area (Å²) in [5.41, 5.74) is 0.447. The number of hydrogen-bond acceptors (Lipinski definition) is 5. The van der Waals surface area contributed by atoms with Gasteiger partial charge in [-0.3, -0.25) is 4.79 Å². The van der Waals surface area contributed by atoms with Gasteiger partial charge in [0.2, 0.25) is 0 Å². The largest absolute Gasteiger partial charge is 0.416 e. The lowest BCUT2D eigenvalue weighted by Gasteiger charge is -2.13. The third-order valence-electron chi connectivity index (χ3n) is 4.41. The first-order valence-corrected chi connectivity index (χ1v) is 8.61. The van der Waals surface area contributed by atoms with Gasteiger partial charge in [-0.2, -0.15) is 13.2 Å². The van der Waals surface area contributed by atoms with Gasteiger partial charge in [0.15, 0.2) is 0 Å². The molecule has 1 unspecified atom stereocenters. The molecule has 0 aliphatic heterocycles. The summed E-state index contributed by atoms with van der Waals surface area (Å²) in [4.78, 5) is 17.0. The van der Waals surface area contributed by atoms with E-state index in [9.17, 15) is 18.0 Å². The summed E-state index contributed by atoms with van der Waals surface area (Å²) in [5.74, 6) is -0.381. The van der Waals surface area contributed by atoms with E-state index in [0.717, 1.165) is 12.1 Å². The summed E-state index contributed by atoms with van der Waals surface area (Å²) in [6, 6.07) is 6.27. The van der Waals surface area contributed by atoms with Crippen LogP contribution in [0, 0.1) is 6.92 Å². The maximum Gasteiger partial charge on any atom is 0.416 e. The van der Waals surface area contributed by atoms with E-state index in [1.54, 1.807) is 14.0 Å². The Labute approximate surface area is 159 Å². The molecule has 0 bridgehead atoms. The summed E-state index contributed by atoms with van der Waals surface area (Å²) in [5, 5.41) is 10.1. The van der Waals surface area contributed by atoms with Crippen LogP contribution in [0.15, 0.2) is 34.9 Å². The third kappa shape index (κ3) is 3.99. The molecule has 1 amide bonds. The van der Waals surface area contributed by atoms with Crippen molar-refractivity contribution >= 4 is 17.0 Å². The van der Waals surface area contributed by atoms with E-state index in [0.29, 0.717) is 17.6 Å². The van der Waals surface area contributed by atoms with Gasteiger partial charge in [-0.15, -0.1) is 0 Å². The molecule has 2 heterocycles. The molecule has 0 spiro atoms. The number of fused-ring (bicyclic) bond motifs is 1. The molecule has 6 nitrogen and oxygen atoms in total. The fourth-order valence-electron chi connectivity index (χ4n) is 2.72. The van der Waals surface area contributed by atoms with Gasteiger partial charge >= 0.3 is 6.18 Å². The molecule has 2 aromatic heterocycles. The lowest BCUT2D eigenvalue weighted by atomic mass is 10.0. The molecule has 0 aliphatic carbocycles. The Bertz CT molecular complexity index is 1010. The minimum absolute atomic E-state index is 0.0489. The number of benzene rings is 1. The Hall–Kier alpha value is -2.94. The van der Waals surface area contributed by atoms with Gasteiger partial charge in [0.25, 0.3) is 11.6 Å². The van der Waals surface area contributed by atoms with Crippen LogP contribution in [0.1, 0.15) is 28.5 Å². The molecule has 1 aromatic carbocycles. The fourth-order valence-corrected chi connectivity index (χ4v) is 2.72. The first-order chi connectivity index (χ1) is 13.2. The topological polar surface area (TPSA) is 80.0 Å². The van der Waals surface area contributed by atoms with Crippen molar-refractivity contribution in [1.82, 2.24) is 20.8 Å². The van der Waals surface area contributed by atoms with Crippen LogP contribution in [0.3, 0.4) is 0 Å². The summed E-state index contributed by atoms with van der Waals surface area (Å²) >= 11 is 0. The molecule has 148 valence electrons. The summed E-state index contributed by atoms with van der Waals surface area (Å²) in [6.07, 6.45) is -4.48. The number of rotatable bonds is 5. The zero-order valence-electron chi connectivity index (χ0n) is 15.5. The molecule has 0 aliphatic rings. The van der Waals surface area contributed by atoms with Gasteiger partial charge in [0.1, 0.15) is 0 Å². The molecule has 3 rings (SSSR count). The van der Waals surface area contributed by atoms with Crippen LogP contribution in [0.25, 0.3) is 22.4 Å². The van der Waals surface area contributed by atoms with Gasteiger partial charge < -0.3 is 15.2 Å². The third-order valence-corrected chi connectivity index (χ3v) is 4.41. The number of halogens is 3. The number of carbonyl (C=O) groups is 1. The van der Waals surface area contributed by atoms with E-state index in [4.69, 9.17) is 4.52 Å². The highest BCUT2D eigenvalue weighted by Crippen LogP contribution is 2.33. The van der Waals surface area contributed by atoms with Gasteiger partial charge in [-0.1, -0.05) is 17.3 Å². The number of nitrogens with one attached hydrogen (secondary N) is 2. The van der Waals surface area contributed by atoms with E-state index < -0.39 is 11.7 Å². The maximum absolute atomic E-state index is 13.0. The van der Waals surface area contributed by atoms with Gasteiger partial charge in [-0.25, -0.2) is 4.98 Å². The Morgan fingerprint density at radius 3 is 2.71 bits per heavy atom. The SMILES string of the molecule is CNC(C)CNC(=O)c1cc(-c2cccc(C(F)(F)F)c2)nc2onc(C)c12. The van der Waals surface area contributed by atoms with Crippen LogP contribution in [0.4, 0.5) is 13.2 Å². The van der Waals surface area contributed by atoms with Crippen molar-refractivity contribution in [2.24, 2.45) is 0 Å². The van der Waals surface area contributed by atoms with E-state index in [2.05, 4.69) is 20.8 Å². The highest BCUT2D eigenvalue weighted by molar-refractivity contribution is 6.07. The van der Waals surface area contributed by atoms with E-state index >= 15 is 0 Å². The molecule has 9 heteroatoms. The van der Waals surface area contributed by atoms with Crippen molar-refractivity contribution in [1.29, 1.82) is 0 Å². The normalized spacial score (nSPS) is 12.9. The average molecular weight is 392 g/mol. The second-order valence-corrected chi connectivity index (χ2v) is 6.48. The predicted molar refractivity (Wildman–Crippen MR) is 97.8 cm³/mol. The number of amides is 1. The van der Waals surface area contributed by atoms with Crippen LogP contribution in [-0.4, -0.2) is 35.7 Å². The van der Waals surface area contributed by atoms with Crippen LogP contribution in [0.5, 0.6) is 0 Å². The number of alkyl halides is 3. The van der Waals surface area contributed by atoms with Crippen LogP contribution < -0.4 is 10.6 Å². The Morgan fingerprint density at radius 1 is 1.29 bits per heavy atom. The van der Waals surface area contributed by atoms with Crippen molar-refractivity contribution in [3.05, 3.63) is 47.2 Å². The van der Waals surface area contributed by atoms with Gasteiger partial charge in [0, 0.05) is 18.2 Å². The van der Waals surface area contributed by atoms with Gasteiger partial charge in [0.05, 0.1) is 27.9 Å². The summed E-state index contributed by atoms with van der Waals surface area (Å²) in [7, 11) is 1.78. The van der Waals surface area contributed by atoms with Crippen molar-refractivity contribution in [2.45, 2.75) is 26.1 Å². The van der Waals surface area contributed by atoms with E-state index in [-0.39, 0.29) is 34.5 Å². The number of pyridine rings is 1. The quantitative estimate of drug-likeness (QED) is 0.694. The highest BCUT2D eigenvalue weighted by Gasteiger charge is 2.30. The Morgan fingerprint density at radius 2 is 2.04 bits per heavy atom. The predicted octanol–water partition coefficient (Wildman–Crippen LogP) is 3.55. The molecular weight excluding hydrogens is 373 g/mol. The zero-order valence-corrected chi connectivity index (χ0v) is 15.5. The first-order valence-electron chi connectivity index (χ1n) is 8.61. The van der Waals surface area contributed by atoms with Crippen molar-refractivity contribution in [3.8, 4) is 11.3 Å². The average Bonchev–Trinajstić information content (AvgIpc) is 3.05. The number of aromatic nitrogens is 2. The molecule has 28 heavy (non-hydrogen) atoms. The first kappa shape index (κ1) is 19.8. The Kier molecular flexibility index (Phi) is 5.37.